The van der Waals surface area contributed by atoms with Gasteiger partial charge in [-0.25, -0.2) is 0 Å². The zero-order chi connectivity index (χ0) is 13.3. The number of benzene rings is 1. The molecule has 0 saturated heterocycles. The molecule has 0 bridgehead atoms. The summed E-state index contributed by atoms with van der Waals surface area (Å²) in [5.74, 6) is 0. The van der Waals surface area contributed by atoms with Crippen LogP contribution in [-0.2, 0) is 6.42 Å². The van der Waals surface area contributed by atoms with E-state index >= 15 is 0 Å². The van der Waals surface area contributed by atoms with Crippen LogP contribution in [0.1, 0.15) is 23.7 Å². The Morgan fingerprint density at radius 2 is 1.89 bits per heavy atom. The maximum Gasteiger partial charge on any atom is 0.0641 e. The minimum absolute atomic E-state index is 0.0925. The van der Waals surface area contributed by atoms with E-state index in [0.717, 1.165) is 24.2 Å². The van der Waals surface area contributed by atoms with E-state index in [9.17, 15) is 0 Å². The van der Waals surface area contributed by atoms with E-state index in [-0.39, 0.29) is 6.04 Å². The summed E-state index contributed by atoms with van der Waals surface area (Å²) >= 11 is 0. The van der Waals surface area contributed by atoms with Gasteiger partial charge in [0.15, 0.2) is 0 Å². The third-order valence-electron chi connectivity index (χ3n) is 3.00. The summed E-state index contributed by atoms with van der Waals surface area (Å²) in [6.45, 7) is 0.818. The molecule has 0 amide bonds. The van der Waals surface area contributed by atoms with Gasteiger partial charge in [0.25, 0.3) is 0 Å². The highest BCUT2D eigenvalue weighted by molar-refractivity contribution is 5.20. The highest BCUT2D eigenvalue weighted by Crippen LogP contribution is 2.15. The van der Waals surface area contributed by atoms with Gasteiger partial charge in [-0.15, -0.1) is 0 Å². The Hall–Kier alpha value is -2.18. The molecule has 0 saturated carbocycles. The summed E-state index contributed by atoms with van der Waals surface area (Å²) in [4.78, 5) is 4.29. The molecule has 1 heterocycles. The minimum Gasteiger partial charge on any atom is -0.309 e. The topological polar surface area (TPSA) is 48.7 Å². The van der Waals surface area contributed by atoms with E-state index in [1.807, 2.05) is 36.4 Å². The normalized spacial score (nSPS) is 11.7. The number of hydrogen-bond acceptors (Lipinski definition) is 3. The summed E-state index contributed by atoms with van der Waals surface area (Å²) in [7, 11) is 0. The van der Waals surface area contributed by atoms with Gasteiger partial charge in [-0.2, -0.15) is 5.26 Å². The average Bonchev–Trinajstić information content (AvgIpc) is 2.48. The first kappa shape index (κ1) is 13.3. The van der Waals surface area contributed by atoms with Crippen LogP contribution >= 0.6 is 0 Å². The number of pyridine rings is 1. The van der Waals surface area contributed by atoms with Crippen molar-refractivity contribution in [3.63, 3.8) is 0 Å². The molecule has 1 N–H and O–H groups in total. The van der Waals surface area contributed by atoms with E-state index in [1.54, 1.807) is 6.20 Å². The zero-order valence-electron chi connectivity index (χ0n) is 10.8. The Kier molecular flexibility index (Phi) is 5.09. The van der Waals surface area contributed by atoms with Crippen molar-refractivity contribution in [1.82, 2.24) is 10.3 Å². The van der Waals surface area contributed by atoms with E-state index in [1.165, 1.54) is 0 Å². The van der Waals surface area contributed by atoms with Crippen LogP contribution in [0.15, 0.2) is 54.7 Å². The fourth-order valence-corrected chi connectivity index (χ4v) is 2.00. The van der Waals surface area contributed by atoms with Crippen molar-refractivity contribution < 1.29 is 0 Å². The minimum atomic E-state index is 0.0925. The van der Waals surface area contributed by atoms with Gasteiger partial charge in [0.05, 0.1) is 12.5 Å². The van der Waals surface area contributed by atoms with Gasteiger partial charge in [0.1, 0.15) is 0 Å². The third-order valence-corrected chi connectivity index (χ3v) is 3.00. The standard InChI is InChI=1S/C16H17N3/c17-11-9-16(14-6-2-1-3-7-14)19-13-10-15-8-4-5-12-18-15/h1-8,12,16,19H,9-10,13H2. The largest absolute Gasteiger partial charge is 0.309 e. The van der Waals surface area contributed by atoms with Crippen molar-refractivity contribution in [1.29, 1.82) is 5.26 Å². The van der Waals surface area contributed by atoms with Crippen molar-refractivity contribution in [2.45, 2.75) is 18.9 Å². The first-order valence-electron chi connectivity index (χ1n) is 6.45. The first-order chi connectivity index (χ1) is 9.40. The molecule has 1 aromatic carbocycles. The van der Waals surface area contributed by atoms with Crippen molar-refractivity contribution in [2.75, 3.05) is 6.54 Å². The third kappa shape index (κ3) is 4.20. The molecule has 0 spiro atoms. The van der Waals surface area contributed by atoms with Crippen LogP contribution in [-0.4, -0.2) is 11.5 Å². The molecule has 0 aliphatic carbocycles. The van der Waals surface area contributed by atoms with Crippen LogP contribution in [0.5, 0.6) is 0 Å². The summed E-state index contributed by atoms with van der Waals surface area (Å²) in [6, 6.07) is 18.3. The van der Waals surface area contributed by atoms with Crippen LogP contribution in [0.25, 0.3) is 0 Å². The second kappa shape index (κ2) is 7.30. The molecule has 1 aromatic heterocycles. The monoisotopic (exact) mass is 251 g/mol. The summed E-state index contributed by atoms with van der Waals surface area (Å²) < 4.78 is 0. The molecule has 0 aliphatic heterocycles. The predicted octanol–water partition coefficient (Wildman–Crippen LogP) is 2.87. The van der Waals surface area contributed by atoms with Crippen LogP contribution in [0.3, 0.4) is 0 Å². The van der Waals surface area contributed by atoms with Crippen LogP contribution < -0.4 is 5.32 Å². The molecule has 0 aliphatic rings. The first-order valence-corrected chi connectivity index (χ1v) is 6.45. The second-order valence-corrected chi connectivity index (χ2v) is 4.35. The molecular formula is C16H17N3. The van der Waals surface area contributed by atoms with Crippen molar-refractivity contribution >= 4 is 0 Å². The summed E-state index contributed by atoms with van der Waals surface area (Å²) in [5, 5.41) is 12.3. The lowest BCUT2D eigenvalue weighted by Crippen LogP contribution is -2.23. The molecule has 1 unspecified atom stereocenters. The van der Waals surface area contributed by atoms with Crippen molar-refractivity contribution in [2.24, 2.45) is 0 Å². The van der Waals surface area contributed by atoms with Crippen molar-refractivity contribution in [3.8, 4) is 6.07 Å². The van der Waals surface area contributed by atoms with Gasteiger partial charge >= 0.3 is 0 Å². The van der Waals surface area contributed by atoms with E-state index < -0.39 is 0 Å². The second-order valence-electron chi connectivity index (χ2n) is 4.35. The summed E-state index contributed by atoms with van der Waals surface area (Å²) in [5.41, 5.74) is 2.23. The predicted molar refractivity (Wildman–Crippen MR) is 75.4 cm³/mol. The smallest absolute Gasteiger partial charge is 0.0641 e. The molecular weight excluding hydrogens is 234 g/mol. The molecule has 2 rings (SSSR count). The fourth-order valence-electron chi connectivity index (χ4n) is 2.00. The lowest BCUT2D eigenvalue weighted by molar-refractivity contribution is 0.543. The number of nitrogens with zero attached hydrogens (tertiary/aromatic N) is 2. The number of nitrogens with one attached hydrogen (secondary N) is 1. The molecule has 3 heteroatoms. The quantitative estimate of drug-likeness (QED) is 0.858. The molecule has 0 radical (unpaired) electrons. The van der Waals surface area contributed by atoms with Crippen molar-refractivity contribution in [3.05, 3.63) is 66.0 Å². The molecule has 1 atom stereocenters. The van der Waals surface area contributed by atoms with Gasteiger partial charge in [-0.1, -0.05) is 36.4 Å². The number of aromatic nitrogens is 1. The molecule has 96 valence electrons. The highest BCUT2D eigenvalue weighted by atomic mass is 14.9. The van der Waals surface area contributed by atoms with Crippen LogP contribution in [0.2, 0.25) is 0 Å². The maximum atomic E-state index is 8.91. The summed E-state index contributed by atoms with van der Waals surface area (Å²) in [6.07, 6.45) is 3.15. The van der Waals surface area contributed by atoms with Gasteiger partial charge in [-0.3, -0.25) is 4.98 Å². The number of nitriles is 1. The molecule has 2 aromatic rings. The van der Waals surface area contributed by atoms with Crippen LogP contribution in [0, 0.1) is 11.3 Å². The zero-order valence-corrected chi connectivity index (χ0v) is 10.8. The van der Waals surface area contributed by atoms with E-state index in [0.29, 0.717) is 6.42 Å². The molecule has 3 nitrogen and oxygen atoms in total. The number of hydrogen-bond donors (Lipinski definition) is 1. The Morgan fingerprint density at radius 3 is 2.58 bits per heavy atom. The van der Waals surface area contributed by atoms with Gasteiger partial charge in [0.2, 0.25) is 0 Å². The average molecular weight is 251 g/mol. The van der Waals surface area contributed by atoms with Crippen LogP contribution in [0.4, 0.5) is 0 Å². The Bertz CT molecular complexity index is 517. The van der Waals surface area contributed by atoms with Gasteiger partial charge < -0.3 is 5.32 Å². The molecule has 19 heavy (non-hydrogen) atoms. The van der Waals surface area contributed by atoms with E-state index in [4.69, 9.17) is 5.26 Å². The Labute approximate surface area is 113 Å². The van der Waals surface area contributed by atoms with Gasteiger partial charge in [-0.05, 0) is 17.7 Å². The molecule has 0 fully saturated rings. The SMILES string of the molecule is N#CCC(NCCc1ccccn1)c1ccccc1. The highest BCUT2D eigenvalue weighted by Gasteiger charge is 2.09. The Morgan fingerprint density at radius 1 is 1.11 bits per heavy atom. The van der Waals surface area contributed by atoms with Gasteiger partial charge in [0, 0.05) is 30.9 Å². The lowest BCUT2D eigenvalue weighted by atomic mass is 10.0. The Balaban J connectivity index is 1.90. The lowest BCUT2D eigenvalue weighted by Gasteiger charge is -2.16. The fraction of sp³-hybridized carbons (Fsp3) is 0.250. The number of rotatable bonds is 6. The van der Waals surface area contributed by atoms with E-state index in [2.05, 4.69) is 28.5 Å². The maximum absolute atomic E-state index is 8.91.